The standard InChI is InChI=1S/C26H23ClN2O6S/c1-15-22(25(32)34-13-12-33-3)23(18-9-5-6-10-19(18)27)29-24(31)21(36-26(29)28-15)14-17-8-4-7-11-20(17)35-16(2)30/h4-11,14,23H,12-13H2,1-3H3/b21-14-/t23-/m0/s1. The number of fused-ring (bicyclic) bond motifs is 1. The molecule has 0 N–H and O–H groups in total. The van der Waals surface area contributed by atoms with Crippen molar-refractivity contribution in [3.63, 3.8) is 0 Å². The zero-order valence-corrected chi connectivity index (χ0v) is 21.4. The maximum absolute atomic E-state index is 13.7. The van der Waals surface area contributed by atoms with Crippen molar-refractivity contribution in [3.8, 4) is 5.75 Å². The second kappa shape index (κ2) is 11.0. The normalized spacial score (nSPS) is 15.3. The number of halogens is 1. The summed E-state index contributed by atoms with van der Waals surface area (Å²) in [7, 11) is 1.51. The van der Waals surface area contributed by atoms with Gasteiger partial charge in [-0.3, -0.25) is 14.2 Å². The fraction of sp³-hybridized carbons (Fsp3) is 0.231. The number of hydrogen-bond acceptors (Lipinski definition) is 8. The molecule has 0 radical (unpaired) electrons. The van der Waals surface area contributed by atoms with Gasteiger partial charge in [0, 0.05) is 24.6 Å². The van der Waals surface area contributed by atoms with Gasteiger partial charge in [0.25, 0.3) is 5.56 Å². The Morgan fingerprint density at radius 2 is 1.86 bits per heavy atom. The highest BCUT2D eigenvalue weighted by atomic mass is 35.5. The molecule has 0 amide bonds. The largest absolute Gasteiger partial charge is 0.460 e. The first-order valence-electron chi connectivity index (χ1n) is 11.0. The minimum Gasteiger partial charge on any atom is -0.460 e. The lowest BCUT2D eigenvalue weighted by Gasteiger charge is -2.25. The summed E-state index contributed by atoms with van der Waals surface area (Å²) >= 11 is 7.70. The van der Waals surface area contributed by atoms with E-state index in [4.69, 9.17) is 25.8 Å². The lowest BCUT2D eigenvalue weighted by molar-refractivity contribution is -0.140. The number of hydrogen-bond donors (Lipinski definition) is 0. The van der Waals surface area contributed by atoms with Crippen molar-refractivity contribution in [2.75, 3.05) is 20.3 Å². The third kappa shape index (κ3) is 5.18. The van der Waals surface area contributed by atoms with Crippen LogP contribution >= 0.6 is 22.9 Å². The molecule has 2 heterocycles. The van der Waals surface area contributed by atoms with Crippen molar-refractivity contribution in [2.24, 2.45) is 4.99 Å². The van der Waals surface area contributed by atoms with Crippen LogP contribution in [-0.4, -0.2) is 36.8 Å². The van der Waals surface area contributed by atoms with E-state index in [9.17, 15) is 14.4 Å². The van der Waals surface area contributed by atoms with Gasteiger partial charge in [-0.15, -0.1) is 0 Å². The summed E-state index contributed by atoms with van der Waals surface area (Å²) in [6.07, 6.45) is 1.64. The maximum atomic E-state index is 13.7. The van der Waals surface area contributed by atoms with Crippen LogP contribution in [0.5, 0.6) is 5.75 Å². The van der Waals surface area contributed by atoms with E-state index in [-0.39, 0.29) is 24.3 Å². The number of allylic oxidation sites excluding steroid dienone is 1. The van der Waals surface area contributed by atoms with Gasteiger partial charge in [-0.2, -0.15) is 0 Å². The molecule has 1 aliphatic heterocycles. The number of para-hydroxylation sites is 1. The highest BCUT2D eigenvalue weighted by Gasteiger charge is 2.34. The predicted molar refractivity (Wildman–Crippen MR) is 136 cm³/mol. The van der Waals surface area contributed by atoms with Gasteiger partial charge in [0.15, 0.2) is 4.80 Å². The molecule has 1 aromatic heterocycles. The molecule has 36 heavy (non-hydrogen) atoms. The van der Waals surface area contributed by atoms with Crippen LogP contribution in [0, 0.1) is 0 Å². The van der Waals surface area contributed by atoms with Gasteiger partial charge in [-0.25, -0.2) is 9.79 Å². The molecular formula is C26H23ClN2O6S. The average Bonchev–Trinajstić information content (AvgIpc) is 3.14. The molecule has 4 rings (SSSR count). The molecule has 186 valence electrons. The van der Waals surface area contributed by atoms with Crippen molar-refractivity contribution in [2.45, 2.75) is 19.9 Å². The molecule has 0 bridgehead atoms. The second-order valence-electron chi connectivity index (χ2n) is 7.86. The Kier molecular flexibility index (Phi) is 7.83. The number of nitrogens with zero attached hydrogens (tertiary/aromatic N) is 2. The van der Waals surface area contributed by atoms with Gasteiger partial charge in [-0.1, -0.05) is 59.3 Å². The molecule has 0 unspecified atom stereocenters. The lowest BCUT2D eigenvalue weighted by atomic mass is 9.96. The van der Waals surface area contributed by atoms with E-state index in [1.807, 2.05) is 0 Å². The summed E-state index contributed by atoms with van der Waals surface area (Å²) in [5.41, 5.74) is 1.41. The van der Waals surface area contributed by atoms with Gasteiger partial charge < -0.3 is 14.2 Å². The van der Waals surface area contributed by atoms with E-state index in [1.165, 1.54) is 29.9 Å². The zero-order chi connectivity index (χ0) is 25.8. The molecule has 0 saturated heterocycles. The Morgan fingerprint density at radius 1 is 1.14 bits per heavy atom. The number of rotatable bonds is 7. The third-order valence-corrected chi connectivity index (χ3v) is 6.75. The number of thiazole rings is 1. The van der Waals surface area contributed by atoms with Crippen molar-refractivity contribution in [1.29, 1.82) is 0 Å². The molecule has 8 nitrogen and oxygen atoms in total. The van der Waals surface area contributed by atoms with Crippen LogP contribution in [0.1, 0.15) is 31.0 Å². The summed E-state index contributed by atoms with van der Waals surface area (Å²) in [5, 5.41) is 0.397. The van der Waals surface area contributed by atoms with Crippen LogP contribution in [0.3, 0.4) is 0 Å². The molecule has 2 aromatic carbocycles. The number of methoxy groups -OCH3 is 1. The Hall–Kier alpha value is -3.53. The number of benzene rings is 2. The van der Waals surface area contributed by atoms with Crippen LogP contribution < -0.4 is 19.6 Å². The molecular weight excluding hydrogens is 504 g/mol. The summed E-state index contributed by atoms with van der Waals surface area (Å²) < 4.78 is 17.5. The van der Waals surface area contributed by atoms with E-state index < -0.39 is 18.0 Å². The quantitative estimate of drug-likeness (QED) is 0.267. The number of carbonyl (C=O) groups excluding carboxylic acids is 2. The van der Waals surface area contributed by atoms with Gasteiger partial charge in [0.2, 0.25) is 0 Å². The summed E-state index contributed by atoms with van der Waals surface area (Å²) in [6, 6.07) is 13.1. The van der Waals surface area contributed by atoms with Crippen LogP contribution in [0.25, 0.3) is 6.08 Å². The highest BCUT2D eigenvalue weighted by Crippen LogP contribution is 2.34. The van der Waals surface area contributed by atoms with Crippen LogP contribution in [0.15, 0.2) is 69.6 Å². The molecule has 0 fully saturated rings. The second-order valence-corrected chi connectivity index (χ2v) is 9.28. The minimum atomic E-state index is -0.837. The molecule has 1 aliphatic rings. The molecule has 10 heteroatoms. The van der Waals surface area contributed by atoms with Gasteiger partial charge in [0.1, 0.15) is 18.4 Å². The van der Waals surface area contributed by atoms with Gasteiger partial charge in [0.05, 0.1) is 22.4 Å². The Bertz CT molecular complexity index is 1540. The van der Waals surface area contributed by atoms with Crippen LogP contribution in [0.4, 0.5) is 0 Å². The number of esters is 2. The summed E-state index contributed by atoms with van der Waals surface area (Å²) in [5.74, 6) is -0.743. The van der Waals surface area contributed by atoms with E-state index in [0.29, 0.717) is 36.9 Å². The third-order valence-electron chi connectivity index (χ3n) is 5.42. The van der Waals surface area contributed by atoms with E-state index in [2.05, 4.69) is 4.99 Å². The van der Waals surface area contributed by atoms with Crippen LogP contribution in [-0.2, 0) is 19.1 Å². The highest BCUT2D eigenvalue weighted by molar-refractivity contribution is 7.07. The van der Waals surface area contributed by atoms with Crippen molar-refractivity contribution < 1.29 is 23.8 Å². The van der Waals surface area contributed by atoms with E-state index in [0.717, 1.165) is 0 Å². The number of carbonyl (C=O) groups is 2. The van der Waals surface area contributed by atoms with E-state index >= 15 is 0 Å². The molecule has 1 atom stereocenters. The average molecular weight is 527 g/mol. The first kappa shape index (κ1) is 25.6. The zero-order valence-electron chi connectivity index (χ0n) is 19.8. The topological polar surface area (TPSA) is 96.2 Å². The van der Waals surface area contributed by atoms with Gasteiger partial charge >= 0.3 is 11.9 Å². The first-order chi connectivity index (χ1) is 17.3. The number of ether oxygens (including phenoxy) is 3. The molecule has 0 aliphatic carbocycles. The smallest absolute Gasteiger partial charge is 0.338 e. The molecule has 0 saturated carbocycles. The summed E-state index contributed by atoms with van der Waals surface area (Å²) in [6.45, 7) is 3.29. The number of aromatic nitrogens is 1. The lowest BCUT2D eigenvalue weighted by Crippen LogP contribution is -2.40. The van der Waals surface area contributed by atoms with Crippen LogP contribution in [0.2, 0.25) is 5.02 Å². The Balaban J connectivity index is 1.91. The fourth-order valence-corrected chi connectivity index (χ4v) is 5.13. The summed E-state index contributed by atoms with van der Waals surface area (Å²) in [4.78, 5) is 43.3. The van der Waals surface area contributed by atoms with Crippen molar-refractivity contribution in [1.82, 2.24) is 4.57 Å². The van der Waals surface area contributed by atoms with Crippen molar-refractivity contribution in [3.05, 3.63) is 95.6 Å². The fourth-order valence-electron chi connectivity index (χ4n) is 3.86. The monoisotopic (exact) mass is 526 g/mol. The van der Waals surface area contributed by atoms with Crippen molar-refractivity contribution >= 4 is 41.0 Å². The maximum Gasteiger partial charge on any atom is 0.338 e. The Labute approximate surface area is 215 Å². The SMILES string of the molecule is COCCOC(=O)C1=C(C)N=c2s/c(=C\c3ccccc3OC(C)=O)c(=O)n2[C@H]1c1ccccc1Cl. The Morgan fingerprint density at radius 3 is 2.58 bits per heavy atom. The minimum absolute atomic E-state index is 0.0543. The molecule has 3 aromatic rings. The molecule has 0 spiro atoms. The predicted octanol–water partition coefficient (Wildman–Crippen LogP) is 3.00. The first-order valence-corrected chi connectivity index (χ1v) is 12.2. The van der Waals surface area contributed by atoms with Gasteiger partial charge in [-0.05, 0) is 30.7 Å². The van der Waals surface area contributed by atoms with E-state index in [1.54, 1.807) is 61.5 Å².